The topological polar surface area (TPSA) is 310 Å². The average Bonchev–Trinajstić information content (AvgIpc) is 1.79. The number of nitrogens with zero attached hydrogens (tertiary/aromatic N) is 27. The van der Waals surface area contributed by atoms with Crippen molar-refractivity contribution in [2.75, 3.05) is 19.6 Å². The van der Waals surface area contributed by atoms with Crippen LogP contribution in [0.5, 0.6) is 0 Å². The van der Waals surface area contributed by atoms with E-state index in [-0.39, 0.29) is 0 Å². The predicted molar refractivity (Wildman–Crippen MR) is 572 cm³/mol. The van der Waals surface area contributed by atoms with Gasteiger partial charge in [-0.2, -0.15) is 36.0 Å². The summed E-state index contributed by atoms with van der Waals surface area (Å²) in [5, 5.41) is 44.6. The summed E-state index contributed by atoms with van der Waals surface area (Å²) >= 11 is 19.4. The first kappa shape index (κ1) is 99.0. The number of aryl methyl sites for hydroxylation is 10. The number of furan rings is 1. The fourth-order valence-electron chi connectivity index (χ4n) is 16.4. The molecule has 0 saturated carbocycles. The van der Waals surface area contributed by atoms with Gasteiger partial charge in [0.25, 0.3) is 0 Å². The van der Waals surface area contributed by atoms with Gasteiger partial charge in [-0.05, 0) is 238 Å². The van der Waals surface area contributed by atoms with Crippen LogP contribution in [0.15, 0.2) is 250 Å². The molecule has 0 saturated heterocycles. The zero-order valence-electron chi connectivity index (χ0n) is 80.1. The van der Waals surface area contributed by atoms with Gasteiger partial charge in [0, 0.05) is 141 Å². The van der Waals surface area contributed by atoms with E-state index in [4.69, 9.17) is 94.4 Å². The number of hydrogen-bond donors (Lipinski definition) is 0. The third-order valence-corrected chi connectivity index (χ3v) is 25.1. The van der Waals surface area contributed by atoms with Crippen LogP contribution in [0.25, 0.3) is 187 Å². The van der Waals surface area contributed by atoms with Crippen LogP contribution in [0.1, 0.15) is 108 Å². The molecular formula is C113H94Cl3N27O. The average molecular weight is 1950 g/mol. The molecule has 20 rings (SSSR count). The van der Waals surface area contributed by atoms with Crippen molar-refractivity contribution in [2.45, 2.75) is 58.8 Å². The van der Waals surface area contributed by atoms with E-state index in [2.05, 4.69) is 163 Å². The number of imidazole rings is 5. The maximum Gasteiger partial charge on any atom is 0.218 e. The highest BCUT2D eigenvalue weighted by molar-refractivity contribution is 6.33. The largest absolute Gasteiger partial charge is 0.472 e. The zero-order valence-corrected chi connectivity index (χ0v) is 82.3. The highest BCUT2D eigenvalue weighted by Crippen LogP contribution is 2.38. The van der Waals surface area contributed by atoms with Crippen LogP contribution in [0.2, 0.25) is 15.1 Å². The van der Waals surface area contributed by atoms with Crippen LogP contribution >= 0.6 is 34.8 Å². The number of halogens is 3. The molecule has 28 nitrogen and oxygen atoms in total. The van der Waals surface area contributed by atoms with Crippen molar-refractivity contribution in [1.29, 1.82) is 10.5 Å². The molecule has 0 fully saturated rings. The number of nitriles is 2. The van der Waals surface area contributed by atoms with Crippen LogP contribution in [0.4, 0.5) is 0 Å². The summed E-state index contributed by atoms with van der Waals surface area (Å²) < 4.78 is 16.7. The van der Waals surface area contributed by atoms with Gasteiger partial charge in [0.15, 0.2) is 0 Å². The SMILES string of the molecule is Cc1cc2nc(-c3cncn3C)cc(/C=C/c3ccnnc3)c2cc1CCC#N.Cn1cncc1-c1cc(/C=C/c2ccoc2)c2cc(CCC#N)c(Cl)cc2n1.[C-]#[N+]CCc1cc2c(/C=C/c3cccnc3)cc(-c3cncn3C)nc2cc1C.[C-]#[N+]CCc1cc2c(/C=C/c3ccnn3C)cc(-c3cncn3C)nc2cc1Cl.[C-]#[N+]CCc1cc2c(/C=C/c3ccnnc3)cc(-c3cncn3C)nc2cc1Cl. The molecule has 0 radical (unpaired) electrons. The summed E-state index contributed by atoms with van der Waals surface area (Å²) in [5.41, 5.74) is 30.8. The summed E-state index contributed by atoms with van der Waals surface area (Å²) in [6.07, 6.45) is 58.0. The lowest BCUT2D eigenvalue weighted by molar-refractivity contribution is 0.567. The van der Waals surface area contributed by atoms with Crippen LogP contribution < -0.4 is 0 Å². The van der Waals surface area contributed by atoms with E-state index >= 15 is 0 Å². The molecule has 708 valence electrons. The Hall–Kier alpha value is -18.0. The summed E-state index contributed by atoms with van der Waals surface area (Å²) in [5.74, 6) is 0. The second-order valence-corrected chi connectivity index (χ2v) is 35.1. The van der Waals surface area contributed by atoms with Crippen molar-refractivity contribution in [3.63, 3.8) is 0 Å². The Morgan fingerprint density at radius 2 is 0.674 bits per heavy atom. The molecule has 15 aromatic heterocycles. The van der Waals surface area contributed by atoms with E-state index < -0.39 is 0 Å². The first-order valence-corrected chi connectivity index (χ1v) is 47.0. The molecule has 144 heavy (non-hydrogen) atoms. The van der Waals surface area contributed by atoms with Crippen molar-refractivity contribution < 1.29 is 4.42 Å². The molecule has 20 aromatic rings. The standard InChI is InChI=1S/C24H21N5.C23H20N6.C22H19ClN6.C22H17ClN6.C22H17ClN4O/c1-17-11-22-21(12-19(17)8-10-25-2)20(7-6-18-5-4-9-26-14-18)13-23(28-22)24-15-27-16-29(24)3;1-16-10-21-20(11-18(16)4-3-8-24)19(6-5-17-7-9-26-27-13-17)12-22(28-21)23-14-25-15-29(23)2;1-24-8-6-16-10-18-15(4-5-17-7-9-26-29(17)3)11-21(22-13-25-14-28(22)2)27-20(18)12-19(16)23;1-24-7-6-17-9-18-16(4-3-15-5-8-26-27-12-15)10-21(22-13-25-14-29(22)2)28-20(18)11-19(17)23;1-27-14-25-12-22(27)21-10-16(5-4-15-6-8-28-13-15)18-9-17(3-2-7-24)19(23)11-20(18)26-21/h4-7,9,11-16H,8,10H2,1,3H3;5-7,9-15H,3-4H2,1-2H3;4-5,7,9-14H,6,8H2,2-3H3;3-5,8-14H,6-7H2,2H3;4-6,8-14H,2-3H2,1H3/b7-6+;6-5+;5-4+;4-3+;5-4+. The van der Waals surface area contributed by atoms with Crippen LogP contribution in [0.3, 0.4) is 0 Å². The predicted octanol–water partition coefficient (Wildman–Crippen LogP) is 24.2. The van der Waals surface area contributed by atoms with Crippen molar-refractivity contribution in [2.24, 2.45) is 42.3 Å². The molecule has 0 unspecified atom stereocenters. The fourth-order valence-corrected chi connectivity index (χ4v) is 17.1. The van der Waals surface area contributed by atoms with Crippen molar-refractivity contribution in [3.05, 3.63) is 390 Å². The zero-order chi connectivity index (χ0) is 101. The summed E-state index contributed by atoms with van der Waals surface area (Å²) in [6, 6.07) is 46.7. The molecule has 0 spiro atoms. The van der Waals surface area contributed by atoms with Gasteiger partial charge in [-0.3, -0.25) is 9.67 Å². The van der Waals surface area contributed by atoms with E-state index in [1.807, 2.05) is 210 Å². The first-order valence-electron chi connectivity index (χ1n) is 45.9. The third kappa shape index (κ3) is 24.3. The highest BCUT2D eigenvalue weighted by Gasteiger charge is 2.21. The van der Waals surface area contributed by atoms with Crippen LogP contribution in [-0.4, -0.2) is 127 Å². The molecule has 31 heteroatoms. The Morgan fingerprint density at radius 1 is 0.340 bits per heavy atom. The molecule has 0 aliphatic rings. The molecule has 0 N–H and O–H groups in total. The number of hydrogen-bond acceptors (Lipinski definition) is 19. The molecular weight excluding hydrogens is 1860 g/mol. The number of rotatable bonds is 25. The van der Waals surface area contributed by atoms with Crippen LogP contribution in [-0.2, 0) is 74.4 Å². The van der Waals surface area contributed by atoms with Crippen molar-refractivity contribution in [3.8, 4) is 69.1 Å². The Kier molecular flexibility index (Phi) is 32.4. The van der Waals surface area contributed by atoms with Gasteiger partial charge in [0.2, 0.25) is 19.6 Å². The maximum atomic E-state index is 8.97. The van der Waals surface area contributed by atoms with Gasteiger partial charge in [-0.15, -0.1) is 0 Å². The second kappa shape index (κ2) is 47.1. The van der Waals surface area contributed by atoms with Crippen LogP contribution in [0, 0.1) is 56.2 Å². The molecule has 0 bridgehead atoms. The number of fused-ring (bicyclic) bond motifs is 5. The normalized spacial score (nSPS) is 11.3. The smallest absolute Gasteiger partial charge is 0.218 e. The lowest BCUT2D eigenvalue weighted by Crippen LogP contribution is -1.97. The highest BCUT2D eigenvalue weighted by atomic mass is 35.5. The first-order chi connectivity index (χ1) is 70.2. The Balaban J connectivity index is 0.000000129. The Bertz CT molecular complexity index is 7970. The molecule has 5 aromatic carbocycles. The third-order valence-electron chi connectivity index (χ3n) is 24.1. The van der Waals surface area contributed by atoms with Gasteiger partial charge >= 0.3 is 0 Å². The van der Waals surface area contributed by atoms with Gasteiger partial charge in [-0.1, -0.05) is 95.6 Å². The maximum absolute atomic E-state index is 8.97. The fraction of sp³-hybridized carbons (Fsp3) is 0.159. The minimum Gasteiger partial charge on any atom is -0.472 e. The summed E-state index contributed by atoms with van der Waals surface area (Å²) in [7, 11) is 11.7. The van der Waals surface area contributed by atoms with E-state index in [1.54, 1.807) is 99.9 Å². The molecule has 0 aliphatic heterocycles. The Morgan fingerprint density at radius 3 is 0.986 bits per heavy atom. The number of aromatic nitrogens is 22. The second-order valence-electron chi connectivity index (χ2n) is 33.9. The number of pyridine rings is 6. The molecule has 15 heterocycles. The van der Waals surface area contributed by atoms with Crippen molar-refractivity contribution >= 4 is 150 Å². The molecule has 0 atom stereocenters. The monoisotopic (exact) mass is 1950 g/mol. The Labute approximate surface area is 846 Å². The van der Waals surface area contributed by atoms with Gasteiger partial charge in [0.1, 0.15) is 0 Å². The van der Waals surface area contributed by atoms with E-state index in [0.29, 0.717) is 66.8 Å². The lowest BCUT2D eigenvalue weighted by atomic mass is 9.97. The van der Waals surface area contributed by atoms with Gasteiger partial charge in [-0.25, -0.2) is 69.6 Å². The molecule has 0 aliphatic carbocycles. The van der Waals surface area contributed by atoms with Gasteiger partial charge < -0.3 is 41.8 Å². The lowest BCUT2D eigenvalue weighted by Gasteiger charge is -2.11. The minimum atomic E-state index is 0.402. The minimum absolute atomic E-state index is 0.402. The van der Waals surface area contributed by atoms with E-state index in [9.17, 15) is 0 Å². The number of benzene rings is 5. The van der Waals surface area contributed by atoms with Gasteiger partial charge in [0.05, 0.1) is 202 Å². The quantitative estimate of drug-likeness (QED) is 0.0480. The molecule has 0 amide bonds. The van der Waals surface area contributed by atoms with E-state index in [0.717, 1.165) is 208 Å². The summed E-state index contributed by atoms with van der Waals surface area (Å²) in [6.45, 7) is 26.7. The van der Waals surface area contributed by atoms with Crippen molar-refractivity contribution in [1.82, 2.24) is 108 Å². The summed E-state index contributed by atoms with van der Waals surface area (Å²) in [4.78, 5) is 59.9. The van der Waals surface area contributed by atoms with E-state index in [1.165, 1.54) is 11.1 Å².